The third-order valence-corrected chi connectivity index (χ3v) is 5.22. The molecule has 8 heteroatoms. The highest BCUT2D eigenvalue weighted by Crippen LogP contribution is 2.38. The summed E-state index contributed by atoms with van der Waals surface area (Å²) in [6, 6.07) is 4.18. The topological polar surface area (TPSA) is 85.9 Å². The minimum atomic E-state index is -0.503. The van der Waals surface area contributed by atoms with Crippen LogP contribution in [-0.2, 0) is 9.53 Å². The molecule has 1 amide bonds. The van der Waals surface area contributed by atoms with Gasteiger partial charge in [-0.2, -0.15) is 0 Å². The number of hydrogen-bond acceptors (Lipinski definition) is 6. The SMILES string of the molecule is COC(=O)c1cc(NC(=O)CC2CC3CCC(C2)N3)c(OC)c(OC)c1.Cl. The first-order valence-corrected chi connectivity index (χ1v) is 8.94. The summed E-state index contributed by atoms with van der Waals surface area (Å²) in [5.74, 6) is 0.546. The van der Waals surface area contributed by atoms with Crippen molar-refractivity contribution in [3.8, 4) is 11.5 Å². The molecule has 0 aliphatic carbocycles. The fourth-order valence-corrected chi connectivity index (χ4v) is 4.10. The zero-order valence-electron chi connectivity index (χ0n) is 15.9. The van der Waals surface area contributed by atoms with E-state index in [0.717, 1.165) is 12.8 Å². The van der Waals surface area contributed by atoms with Gasteiger partial charge in [-0.1, -0.05) is 0 Å². The maximum Gasteiger partial charge on any atom is 0.338 e. The molecule has 1 aromatic rings. The summed E-state index contributed by atoms with van der Waals surface area (Å²) in [5.41, 5.74) is 0.703. The molecule has 0 spiro atoms. The number of carbonyl (C=O) groups is 2. The summed E-state index contributed by atoms with van der Waals surface area (Å²) in [7, 11) is 4.29. The summed E-state index contributed by atoms with van der Waals surface area (Å²) >= 11 is 0. The molecular weight excluding hydrogens is 372 g/mol. The highest BCUT2D eigenvalue weighted by molar-refractivity contribution is 5.97. The van der Waals surface area contributed by atoms with Crippen molar-refractivity contribution in [3.05, 3.63) is 17.7 Å². The Morgan fingerprint density at radius 2 is 1.78 bits per heavy atom. The van der Waals surface area contributed by atoms with Crippen molar-refractivity contribution in [1.82, 2.24) is 5.32 Å². The van der Waals surface area contributed by atoms with Crippen LogP contribution < -0.4 is 20.1 Å². The number of halogens is 1. The lowest BCUT2D eigenvalue weighted by Gasteiger charge is -2.28. The van der Waals surface area contributed by atoms with Crippen LogP contribution in [0, 0.1) is 5.92 Å². The van der Waals surface area contributed by atoms with E-state index in [2.05, 4.69) is 10.6 Å². The third-order valence-electron chi connectivity index (χ3n) is 5.22. The second-order valence-corrected chi connectivity index (χ2v) is 6.98. The summed E-state index contributed by atoms with van der Waals surface area (Å²) in [6.07, 6.45) is 4.94. The van der Waals surface area contributed by atoms with E-state index < -0.39 is 5.97 Å². The Labute approximate surface area is 165 Å². The van der Waals surface area contributed by atoms with Gasteiger partial charge in [-0.25, -0.2) is 4.79 Å². The maximum atomic E-state index is 12.6. The summed E-state index contributed by atoms with van der Waals surface area (Å²) in [4.78, 5) is 24.5. The lowest BCUT2D eigenvalue weighted by molar-refractivity contribution is -0.117. The Bertz CT molecular complexity index is 685. The molecule has 2 aliphatic heterocycles. The minimum absolute atomic E-state index is 0. The molecule has 0 radical (unpaired) electrons. The average Bonchev–Trinajstić information content (AvgIpc) is 2.98. The van der Waals surface area contributed by atoms with Gasteiger partial charge in [-0.05, 0) is 43.7 Å². The van der Waals surface area contributed by atoms with Gasteiger partial charge < -0.3 is 24.8 Å². The van der Waals surface area contributed by atoms with Gasteiger partial charge in [0.25, 0.3) is 0 Å². The van der Waals surface area contributed by atoms with E-state index in [0.29, 0.717) is 47.2 Å². The van der Waals surface area contributed by atoms with Crippen molar-refractivity contribution in [2.24, 2.45) is 5.92 Å². The Morgan fingerprint density at radius 1 is 1.11 bits per heavy atom. The zero-order chi connectivity index (χ0) is 18.7. The van der Waals surface area contributed by atoms with Crippen LogP contribution in [-0.4, -0.2) is 45.3 Å². The third kappa shape index (κ3) is 4.84. The van der Waals surface area contributed by atoms with Gasteiger partial charge in [-0.15, -0.1) is 12.4 Å². The summed E-state index contributed by atoms with van der Waals surface area (Å²) in [6.45, 7) is 0. The van der Waals surface area contributed by atoms with Gasteiger partial charge >= 0.3 is 5.97 Å². The van der Waals surface area contributed by atoms with Crippen LogP contribution in [0.3, 0.4) is 0 Å². The number of carbonyl (C=O) groups excluding carboxylic acids is 2. The number of nitrogens with one attached hydrogen (secondary N) is 2. The van der Waals surface area contributed by atoms with Gasteiger partial charge in [0.05, 0.1) is 32.6 Å². The second-order valence-electron chi connectivity index (χ2n) is 6.98. The van der Waals surface area contributed by atoms with Crippen LogP contribution in [0.15, 0.2) is 12.1 Å². The molecule has 2 heterocycles. The number of fused-ring (bicyclic) bond motifs is 2. The average molecular weight is 399 g/mol. The first-order valence-electron chi connectivity index (χ1n) is 8.94. The summed E-state index contributed by atoms with van der Waals surface area (Å²) in [5, 5.41) is 6.46. The number of benzene rings is 1. The quantitative estimate of drug-likeness (QED) is 0.716. The molecule has 3 rings (SSSR count). The Kier molecular flexibility index (Phi) is 7.33. The Balaban J connectivity index is 0.00000261. The molecule has 0 aromatic heterocycles. The monoisotopic (exact) mass is 398 g/mol. The highest BCUT2D eigenvalue weighted by atomic mass is 35.5. The number of hydrogen-bond donors (Lipinski definition) is 2. The minimum Gasteiger partial charge on any atom is -0.493 e. The zero-order valence-corrected chi connectivity index (χ0v) is 16.7. The first kappa shape index (κ1) is 21.3. The second kappa shape index (κ2) is 9.28. The fourth-order valence-electron chi connectivity index (χ4n) is 4.10. The number of anilines is 1. The van der Waals surface area contributed by atoms with Gasteiger partial charge in [0.15, 0.2) is 11.5 Å². The van der Waals surface area contributed by atoms with Crippen molar-refractivity contribution in [2.75, 3.05) is 26.6 Å². The van der Waals surface area contributed by atoms with E-state index in [-0.39, 0.29) is 18.3 Å². The molecule has 2 N–H and O–H groups in total. The number of ether oxygens (including phenoxy) is 3. The number of rotatable bonds is 6. The van der Waals surface area contributed by atoms with E-state index in [4.69, 9.17) is 14.2 Å². The van der Waals surface area contributed by atoms with Crippen molar-refractivity contribution in [2.45, 2.75) is 44.2 Å². The largest absolute Gasteiger partial charge is 0.493 e. The van der Waals surface area contributed by atoms with Crippen LogP contribution in [0.5, 0.6) is 11.5 Å². The van der Waals surface area contributed by atoms with Crippen LogP contribution in [0.25, 0.3) is 0 Å². The molecule has 2 bridgehead atoms. The number of methoxy groups -OCH3 is 3. The Hall–Kier alpha value is -1.99. The standard InChI is InChI=1S/C19H26N2O5.ClH/c1-24-16-10-12(19(23)26-3)9-15(18(16)25-2)21-17(22)8-11-6-13-4-5-14(7-11)20-13;/h9-11,13-14,20H,4-8H2,1-3H3,(H,21,22);1H. The molecular formula is C19H27ClN2O5. The number of amides is 1. The molecule has 2 fully saturated rings. The molecule has 2 atom stereocenters. The Morgan fingerprint density at radius 3 is 2.33 bits per heavy atom. The molecule has 7 nitrogen and oxygen atoms in total. The predicted octanol–water partition coefficient (Wildman–Crippen LogP) is 2.77. The van der Waals surface area contributed by atoms with E-state index >= 15 is 0 Å². The van der Waals surface area contributed by atoms with Gasteiger partial charge in [0.2, 0.25) is 5.91 Å². The molecule has 2 saturated heterocycles. The van der Waals surface area contributed by atoms with Crippen molar-refractivity contribution >= 4 is 30.0 Å². The van der Waals surface area contributed by atoms with E-state index in [1.54, 1.807) is 6.07 Å². The maximum absolute atomic E-state index is 12.6. The van der Waals surface area contributed by atoms with Crippen molar-refractivity contribution in [3.63, 3.8) is 0 Å². The highest BCUT2D eigenvalue weighted by Gasteiger charge is 2.34. The predicted molar refractivity (Wildman–Crippen MR) is 104 cm³/mol. The van der Waals surface area contributed by atoms with Gasteiger partial charge in [-0.3, -0.25) is 4.79 Å². The molecule has 2 aliphatic rings. The molecule has 2 unspecified atom stereocenters. The molecule has 27 heavy (non-hydrogen) atoms. The molecule has 1 aromatic carbocycles. The fraction of sp³-hybridized carbons (Fsp3) is 0.579. The lowest BCUT2D eigenvalue weighted by atomic mass is 9.89. The summed E-state index contributed by atoms with van der Waals surface area (Å²) < 4.78 is 15.4. The normalized spacial score (nSPS) is 23.1. The van der Waals surface area contributed by atoms with Crippen LogP contribution in [0.4, 0.5) is 5.69 Å². The van der Waals surface area contributed by atoms with E-state index in [1.165, 1.54) is 40.2 Å². The molecule has 0 saturated carbocycles. The first-order chi connectivity index (χ1) is 12.5. The van der Waals surface area contributed by atoms with Crippen molar-refractivity contribution < 1.29 is 23.8 Å². The van der Waals surface area contributed by atoms with E-state index in [1.807, 2.05) is 0 Å². The van der Waals surface area contributed by atoms with Crippen LogP contribution >= 0.6 is 12.4 Å². The van der Waals surface area contributed by atoms with Gasteiger partial charge in [0, 0.05) is 18.5 Å². The van der Waals surface area contributed by atoms with Gasteiger partial charge in [0.1, 0.15) is 0 Å². The van der Waals surface area contributed by atoms with Crippen molar-refractivity contribution in [1.29, 1.82) is 0 Å². The van der Waals surface area contributed by atoms with Crippen LogP contribution in [0.2, 0.25) is 0 Å². The van der Waals surface area contributed by atoms with Crippen LogP contribution in [0.1, 0.15) is 42.5 Å². The van der Waals surface area contributed by atoms with E-state index in [9.17, 15) is 9.59 Å². The number of esters is 1. The smallest absolute Gasteiger partial charge is 0.338 e. The molecule has 150 valence electrons. The lowest BCUT2D eigenvalue weighted by Crippen LogP contribution is -2.39. The number of piperidine rings is 1.